The van der Waals surface area contributed by atoms with Crippen molar-refractivity contribution in [3.8, 4) is 5.75 Å². The average Bonchev–Trinajstić information content (AvgIpc) is 2.27. The van der Waals surface area contributed by atoms with Gasteiger partial charge in [-0.3, -0.25) is 0 Å². The fourth-order valence-electron chi connectivity index (χ4n) is 1.95. The number of ether oxygens (including phenoxy) is 1. The molecule has 2 unspecified atom stereocenters. The number of benzene rings is 1. The van der Waals surface area contributed by atoms with Crippen LogP contribution < -0.4 is 4.74 Å². The van der Waals surface area contributed by atoms with Crippen molar-refractivity contribution in [1.29, 1.82) is 0 Å². The summed E-state index contributed by atoms with van der Waals surface area (Å²) in [4.78, 5) is 10.9. The van der Waals surface area contributed by atoms with Crippen molar-refractivity contribution < 1.29 is 14.6 Å². The molecule has 0 aliphatic heterocycles. The Kier molecular flexibility index (Phi) is 3.13. The summed E-state index contributed by atoms with van der Waals surface area (Å²) in [6, 6.07) is 6.79. The maximum Gasteiger partial charge on any atom is 0.339 e. The van der Waals surface area contributed by atoms with Crippen LogP contribution >= 0.6 is 0 Å². The summed E-state index contributed by atoms with van der Waals surface area (Å²) in [6.07, 6.45) is 2.45. The fourth-order valence-corrected chi connectivity index (χ4v) is 1.95. The lowest BCUT2D eigenvalue weighted by Crippen LogP contribution is -2.28. The Balaban J connectivity index is 2.00. The van der Waals surface area contributed by atoms with Crippen LogP contribution in [0.3, 0.4) is 0 Å². The lowest BCUT2D eigenvalue weighted by Gasteiger charge is -2.33. The topological polar surface area (TPSA) is 46.5 Å². The first kappa shape index (κ1) is 11.0. The molecule has 1 aliphatic rings. The van der Waals surface area contributed by atoms with Crippen LogP contribution in [0, 0.1) is 11.8 Å². The third-order valence-electron chi connectivity index (χ3n) is 3.37. The first-order valence-electron chi connectivity index (χ1n) is 5.63. The molecule has 1 N–H and O–H groups in total. The molecule has 1 aromatic rings. The van der Waals surface area contributed by atoms with E-state index >= 15 is 0 Å². The minimum absolute atomic E-state index is 0.245. The number of carboxylic acids is 1. The van der Waals surface area contributed by atoms with Gasteiger partial charge >= 0.3 is 5.97 Å². The molecule has 0 spiro atoms. The van der Waals surface area contributed by atoms with Crippen LogP contribution in [0.1, 0.15) is 30.1 Å². The van der Waals surface area contributed by atoms with E-state index in [0.717, 1.165) is 0 Å². The standard InChI is InChI=1S/C13H16O3/c1-9-6-7-10(9)8-16-12-5-3-2-4-11(12)13(14)15/h2-5,9-10H,6-8H2,1H3,(H,14,15). The Hall–Kier alpha value is -1.51. The first-order valence-corrected chi connectivity index (χ1v) is 5.63. The van der Waals surface area contributed by atoms with Gasteiger partial charge in [0, 0.05) is 0 Å². The summed E-state index contributed by atoms with van der Waals surface area (Å²) in [5.74, 6) is 0.838. The Bertz CT molecular complexity index is 387. The van der Waals surface area contributed by atoms with Crippen molar-refractivity contribution in [2.75, 3.05) is 6.61 Å². The van der Waals surface area contributed by atoms with Gasteiger partial charge in [-0.15, -0.1) is 0 Å². The highest BCUT2D eigenvalue weighted by Gasteiger charge is 2.27. The molecule has 1 fully saturated rings. The molecule has 1 aromatic carbocycles. The van der Waals surface area contributed by atoms with Crippen LogP contribution in [0.15, 0.2) is 24.3 Å². The normalized spacial score (nSPS) is 23.6. The Morgan fingerprint density at radius 1 is 1.44 bits per heavy atom. The van der Waals surface area contributed by atoms with E-state index in [1.807, 2.05) is 0 Å². The third-order valence-corrected chi connectivity index (χ3v) is 3.37. The molecule has 0 bridgehead atoms. The summed E-state index contributed by atoms with van der Waals surface area (Å²) in [7, 11) is 0. The van der Waals surface area contributed by atoms with Gasteiger partial charge in [0.25, 0.3) is 0 Å². The van der Waals surface area contributed by atoms with Crippen LogP contribution in [0.25, 0.3) is 0 Å². The predicted molar refractivity (Wildman–Crippen MR) is 60.8 cm³/mol. The van der Waals surface area contributed by atoms with E-state index in [9.17, 15) is 4.79 Å². The first-order chi connectivity index (χ1) is 7.68. The largest absolute Gasteiger partial charge is 0.492 e. The van der Waals surface area contributed by atoms with Gasteiger partial charge in [0.1, 0.15) is 11.3 Å². The molecule has 0 amide bonds. The Labute approximate surface area is 95.0 Å². The molecule has 0 aromatic heterocycles. The summed E-state index contributed by atoms with van der Waals surface area (Å²) in [5.41, 5.74) is 0.245. The van der Waals surface area contributed by atoms with Gasteiger partial charge in [-0.2, -0.15) is 0 Å². The van der Waals surface area contributed by atoms with Gasteiger partial charge < -0.3 is 9.84 Å². The second-order valence-electron chi connectivity index (χ2n) is 4.43. The summed E-state index contributed by atoms with van der Waals surface area (Å²) < 4.78 is 5.59. The molecular formula is C13H16O3. The molecule has 1 saturated carbocycles. The molecule has 0 radical (unpaired) electrons. The van der Waals surface area contributed by atoms with E-state index in [-0.39, 0.29) is 5.56 Å². The second kappa shape index (κ2) is 4.56. The summed E-state index contributed by atoms with van der Waals surface area (Å²) >= 11 is 0. The minimum atomic E-state index is -0.933. The number of hydrogen-bond donors (Lipinski definition) is 1. The number of carboxylic acid groups (broad SMARTS) is 1. The van der Waals surface area contributed by atoms with Crippen molar-refractivity contribution in [3.05, 3.63) is 29.8 Å². The fraction of sp³-hybridized carbons (Fsp3) is 0.462. The van der Waals surface area contributed by atoms with Crippen molar-refractivity contribution in [2.45, 2.75) is 19.8 Å². The summed E-state index contributed by atoms with van der Waals surface area (Å²) in [5, 5.41) is 8.97. The van der Waals surface area contributed by atoms with Crippen molar-refractivity contribution in [2.24, 2.45) is 11.8 Å². The van der Waals surface area contributed by atoms with E-state index in [1.165, 1.54) is 12.8 Å². The molecule has 2 atom stereocenters. The minimum Gasteiger partial charge on any atom is -0.492 e. The van der Waals surface area contributed by atoms with Gasteiger partial charge in [-0.1, -0.05) is 19.1 Å². The van der Waals surface area contributed by atoms with Crippen molar-refractivity contribution in [1.82, 2.24) is 0 Å². The number of rotatable bonds is 4. The Morgan fingerprint density at radius 3 is 2.75 bits per heavy atom. The SMILES string of the molecule is CC1CCC1COc1ccccc1C(=O)O. The lowest BCUT2D eigenvalue weighted by atomic mass is 9.75. The van der Waals surface area contributed by atoms with E-state index in [2.05, 4.69) is 6.92 Å². The third kappa shape index (κ3) is 2.18. The van der Waals surface area contributed by atoms with Crippen molar-refractivity contribution >= 4 is 5.97 Å². The van der Waals surface area contributed by atoms with E-state index in [1.54, 1.807) is 24.3 Å². The predicted octanol–water partition coefficient (Wildman–Crippen LogP) is 2.81. The maximum atomic E-state index is 10.9. The lowest BCUT2D eigenvalue weighted by molar-refractivity contribution is 0.0685. The van der Waals surface area contributed by atoms with Crippen LogP contribution in [-0.4, -0.2) is 17.7 Å². The molecule has 2 rings (SSSR count). The Morgan fingerprint density at radius 2 is 2.19 bits per heavy atom. The molecule has 86 valence electrons. The molecule has 16 heavy (non-hydrogen) atoms. The number of aromatic carboxylic acids is 1. The van der Waals surface area contributed by atoms with Gasteiger partial charge in [0.15, 0.2) is 0 Å². The van der Waals surface area contributed by atoms with Gasteiger partial charge in [-0.25, -0.2) is 4.79 Å². The van der Waals surface area contributed by atoms with Crippen LogP contribution in [-0.2, 0) is 0 Å². The molecule has 0 heterocycles. The van der Waals surface area contributed by atoms with E-state index in [0.29, 0.717) is 24.2 Å². The average molecular weight is 220 g/mol. The molecule has 3 heteroatoms. The number of carbonyl (C=O) groups is 1. The smallest absolute Gasteiger partial charge is 0.339 e. The maximum absolute atomic E-state index is 10.9. The zero-order valence-electron chi connectivity index (χ0n) is 9.35. The molecule has 3 nitrogen and oxygen atoms in total. The number of hydrogen-bond acceptors (Lipinski definition) is 2. The van der Waals surface area contributed by atoms with E-state index in [4.69, 9.17) is 9.84 Å². The zero-order valence-corrected chi connectivity index (χ0v) is 9.35. The van der Waals surface area contributed by atoms with Crippen LogP contribution in [0.5, 0.6) is 5.75 Å². The highest BCUT2D eigenvalue weighted by molar-refractivity contribution is 5.90. The second-order valence-corrected chi connectivity index (χ2v) is 4.43. The van der Waals surface area contributed by atoms with Gasteiger partial charge in [0.2, 0.25) is 0 Å². The number of para-hydroxylation sites is 1. The van der Waals surface area contributed by atoms with Gasteiger partial charge in [0.05, 0.1) is 6.61 Å². The molecular weight excluding hydrogens is 204 g/mol. The van der Waals surface area contributed by atoms with Crippen molar-refractivity contribution in [3.63, 3.8) is 0 Å². The molecule has 1 aliphatic carbocycles. The van der Waals surface area contributed by atoms with Crippen LogP contribution in [0.2, 0.25) is 0 Å². The van der Waals surface area contributed by atoms with E-state index < -0.39 is 5.97 Å². The highest BCUT2D eigenvalue weighted by Crippen LogP contribution is 2.34. The highest BCUT2D eigenvalue weighted by atomic mass is 16.5. The quantitative estimate of drug-likeness (QED) is 0.848. The van der Waals surface area contributed by atoms with Crippen LogP contribution in [0.4, 0.5) is 0 Å². The molecule has 0 saturated heterocycles. The zero-order chi connectivity index (χ0) is 11.5. The summed E-state index contributed by atoms with van der Waals surface area (Å²) in [6.45, 7) is 2.84. The van der Waals surface area contributed by atoms with Gasteiger partial charge in [-0.05, 0) is 36.8 Å². The monoisotopic (exact) mass is 220 g/mol.